The van der Waals surface area contributed by atoms with Crippen molar-refractivity contribution in [1.29, 1.82) is 0 Å². The molecule has 1 atom stereocenters. The molecule has 2 aliphatic carbocycles. The summed E-state index contributed by atoms with van der Waals surface area (Å²) in [6.07, 6.45) is 8.54. The van der Waals surface area contributed by atoms with Crippen molar-refractivity contribution in [2.45, 2.75) is 70.1 Å². The summed E-state index contributed by atoms with van der Waals surface area (Å²) in [5, 5.41) is 19.3. The van der Waals surface area contributed by atoms with Gasteiger partial charge in [0.15, 0.2) is 0 Å². The second-order valence-corrected chi connectivity index (χ2v) is 7.38. The fourth-order valence-corrected chi connectivity index (χ4v) is 3.86. The molecular formula is C17H27N3O. The van der Waals surface area contributed by atoms with E-state index in [9.17, 15) is 5.11 Å². The molecule has 0 saturated heterocycles. The number of nitrogens with zero attached hydrogens (tertiary/aromatic N) is 2. The molecule has 4 nitrogen and oxygen atoms in total. The van der Waals surface area contributed by atoms with Crippen LogP contribution in [0.15, 0.2) is 6.07 Å². The number of fused-ring (bicyclic) bond motifs is 1. The second-order valence-electron chi connectivity index (χ2n) is 7.38. The highest BCUT2D eigenvalue weighted by Gasteiger charge is 2.52. The van der Waals surface area contributed by atoms with Crippen molar-refractivity contribution < 1.29 is 5.11 Å². The third-order valence-electron chi connectivity index (χ3n) is 5.64. The van der Waals surface area contributed by atoms with Crippen molar-refractivity contribution in [3.8, 4) is 0 Å². The maximum absolute atomic E-state index is 11.0. The highest BCUT2D eigenvalue weighted by Crippen LogP contribution is 2.51. The summed E-state index contributed by atoms with van der Waals surface area (Å²) in [7, 11) is 0. The third-order valence-corrected chi connectivity index (χ3v) is 5.64. The molecule has 0 amide bonds. The van der Waals surface area contributed by atoms with Crippen molar-refractivity contribution >= 4 is 0 Å². The Labute approximate surface area is 126 Å². The van der Waals surface area contributed by atoms with E-state index in [2.05, 4.69) is 23.0 Å². The van der Waals surface area contributed by atoms with Gasteiger partial charge in [0, 0.05) is 24.8 Å². The maximum atomic E-state index is 11.0. The van der Waals surface area contributed by atoms with Crippen LogP contribution in [0.2, 0.25) is 0 Å². The van der Waals surface area contributed by atoms with Gasteiger partial charge in [-0.25, -0.2) is 0 Å². The van der Waals surface area contributed by atoms with Gasteiger partial charge in [-0.1, -0.05) is 0 Å². The van der Waals surface area contributed by atoms with Gasteiger partial charge in [-0.2, -0.15) is 5.10 Å². The van der Waals surface area contributed by atoms with E-state index in [1.54, 1.807) is 0 Å². The van der Waals surface area contributed by atoms with Gasteiger partial charge in [0.1, 0.15) is 0 Å². The van der Waals surface area contributed by atoms with E-state index < -0.39 is 5.60 Å². The van der Waals surface area contributed by atoms with Crippen LogP contribution in [-0.2, 0) is 13.0 Å². The van der Waals surface area contributed by atoms with Crippen LogP contribution in [0.25, 0.3) is 0 Å². The highest BCUT2D eigenvalue weighted by molar-refractivity contribution is 5.15. The Hall–Kier alpha value is -0.870. The Balaban J connectivity index is 1.41. The van der Waals surface area contributed by atoms with Gasteiger partial charge in [-0.3, -0.25) is 4.68 Å². The summed E-state index contributed by atoms with van der Waals surface area (Å²) in [6, 6.07) is 2.48. The van der Waals surface area contributed by atoms with E-state index in [0.29, 0.717) is 11.8 Å². The number of hydrogen-bond acceptors (Lipinski definition) is 3. The zero-order valence-corrected chi connectivity index (χ0v) is 13.0. The zero-order valence-electron chi connectivity index (χ0n) is 13.0. The second kappa shape index (κ2) is 5.10. The first kappa shape index (κ1) is 13.8. The minimum atomic E-state index is -0.451. The van der Waals surface area contributed by atoms with Crippen LogP contribution in [0.1, 0.15) is 62.9 Å². The van der Waals surface area contributed by atoms with E-state index in [-0.39, 0.29) is 6.04 Å². The SMILES string of the molecule is CC(NCC(O)(C1CC1)C1CC1)c1cc2n(n1)CCCC2. The van der Waals surface area contributed by atoms with E-state index in [1.807, 2.05) is 0 Å². The lowest BCUT2D eigenvalue weighted by atomic mass is 9.91. The van der Waals surface area contributed by atoms with E-state index in [0.717, 1.165) is 25.2 Å². The monoisotopic (exact) mass is 289 g/mol. The number of hydrogen-bond donors (Lipinski definition) is 2. The van der Waals surface area contributed by atoms with Gasteiger partial charge in [0.2, 0.25) is 0 Å². The van der Waals surface area contributed by atoms with Gasteiger partial charge < -0.3 is 10.4 Å². The molecule has 21 heavy (non-hydrogen) atoms. The lowest BCUT2D eigenvalue weighted by Gasteiger charge is -2.30. The number of aromatic nitrogens is 2. The summed E-state index contributed by atoms with van der Waals surface area (Å²) >= 11 is 0. The number of aliphatic hydroxyl groups is 1. The summed E-state index contributed by atoms with van der Waals surface area (Å²) in [6.45, 7) is 3.97. The number of nitrogens with one attached hydrogen (secondary N) is 1. The zero-order chi connectivity index (χ0) is 14.4. The molecule has 2 saturated carbocycles. The molecular weight excluding hydrogens is 262 g/mol. The van der Waals surface area contributed by atoms with Crippen molar-refractivity contribution in [2.75, 3.05) is 6.54 Å². The quantitative estimate of drug-likeness (QED) is 0.845. The van der Waals surface area contributed by atoms with Crippen LogP contribution in [0.5, 0.6) is 0 Å². The van der Waals surface area contributed by atoms with Crippen LogP contribution in [0.4, 0.5) is 0 Å². The van der Waals surface area contributed by atoms with Crippen LogP contribution >= 0.6 is 0 Å². The average Bonchev–Trinajstić information content (AvgIpc) is 3.38. The van der Waals surface area contributed by atoms with Gasteiger partial charge in [0.25, 0.3) is 0 Å². The third kappa shape index (κ3) is 2.64. The van der Waals surface area contributed by atoms with E-state index >= 15 is 0 Å². The van der Waals surface area contributed by atoms with Crippen LogP contribution < -0.4 is 5.32 Å². The molecule has 0 bridgehead atoms. The van der Waals surface area contributed by atoms with Crippen LogP contribution in [0, 0.1) is 11.8 Å². The molecule has 3 aliphatic rings. The first-order valence-corrected chi connectivity index (χ1v) is 8.69. The first-order chi connectivity index (χ1) is 10.2. The molecule has 2 heterocycles. The highest BCUT2D eigenvalue weighted by atomic mass is 16.3. The molecule has 0 spiro atoms. The summed E-state index contributed by atoms with van der Waals surface area (Å²) < 4.78 is 2.17. The predicted molar refractivity (Wildman–Crippen MR) is 82.0 cm³/mol. The molecule has 4 heteroatoms. The lowest BCUT2D eigenvalue weighted by Crippen LogP contribution is -2.45. The Kier molecular flexibility index (Phi) is 3.34. The lowest BCUT2D eigenvalue weighted by molar-refractivity contribution is -0.00593. The molecule has 0 radical (unpaired) electrons. The minimum absolute atomic E-state index is 0.229. The Bertz CT molecular complexity index is 481. The Morgan fingerprint density at radius 1 is 1.33 bits per heavy atom. The molecule has 0 aromatic carbocycles. The standard InChI is InChI=1S/C17H27N3O/c1-12(16-10-15-4-2-3-9-20(15)19-16)18-11-17(21,13-5-6-13)14-7-8-14/h10,12-14,18,21H,2-9,11H2,1H3. The van der Waals surface area contributed by atoms with E-state index in [4.69, 9.17) is 5.10 Å². The molecule has 1 aromatic rings. The molecule has 1 aromatic heterocycles. The summed E-state index contributed by atoms with van der Waals surface area (Å²) in [4.78, 5) is 0. The molecule has 1 aliphatic heterocycles. The fourth-order valence-electron chi connectivity index (χ4n) is 3.86. The maximum Gasteiger partial charge on any atom is 0.0827 e. The minimum Gasteiger partial charge on any atom is -0.388 e. The predicted octanol–water partition coefficient (Wildman–Crippen LogP) is 2.42. The van der Waals surface area contributed by atoms with Crippen molar-refractivity contribution in [3.05, 3.63) is 17.5 Å². The van der Waals surface area contributed by atoms with Crippen LogP contribution in [0.3, 0.4) is 0 Å². The van der Waals surface area contributed by atoms with Gasteiger partial charge in [-0.15, -0.1) is 0 Å². The van der Waals surface area contributed by atoms with Gasteiger partial charge >= 0.3 is 0 Å². The van der Waals surface area contributed by atoms with Crippen molar-refractivity contribution in [1.82, 2.24) is 15.1 Å². The first-order valence-electron chi connectivity index (χ1n) is 8.69. The number of rotatable bonds is 6. The normalized spacial score (nSPS) is 23.9. The van der Waals surface area contributed by atoms with Crippen molar-refractivity contribution in [2.24, 2.45) is 11.8 Å². The smallest absolute Gasteiger partial charge is 0.0827 e. The average molecular weight is 289 g/mol. The van der Waals surface area contributed by atoms with Gasteiger partial charge in [-0.05, 0) is 69.8 Å². The topological polar surface area (TPSA) is 50.1 Å². The molecule has 2 fully saturated rings. The fraction of sp³-hybridized carbons (Fsp3) is 0.824. The molecule has 116 valence electrons. The van der Waals surface area contributed by atoms with Gasteiger partial charge in [0.05, 0.1) is 11.3 Å². The van der Waals surface area contributed by atoms with Crippen LogP contribution in [-0.4, -0.2) is 27.0 Å². The summed E-state index contributed by atoms with van der Waals surface area (Å²) in [5.74, 6) is 1.08. The van der Waals surface area contributed by atoms with Crippen molar-refractivity contribution in [3.63, 3.8) is 0 Å². The Morgan fingerprint density at radius 2 is 2.05 bits per heavy atom. The number of aryl methyl sites for hydroxylation is 2. The van der Waals surface area contributed by atoms with E-state index in [1.165, 1.54) is 44.2 Å². The molecule has 2 N–H and O–H groups in total. The largest absolute Gasteiger partial charge is 0.388 e. The Morgan fingerprint density at radius 3 is 2.67 bits per heavy atom. The molecule has 1 unspecified atom stereocenters. The molecule has 4 rings (SSSR count). The summed E-state index contributed by atoms with van der Waals surface area (Å²) in [5.41, 5.74) is 2.07.